The lowest BCUT2D eigenvalue weighted by Crippen LogP contribution is -2.45. The number of benzene rings is 1. The van der Waals surface area contributed by atoms with Crippen molar-refractivity contribution in [3.8, 4) is 11.8 Å². The second-order valence-corrected chi connectivity index (χ2v) is 5.13. The van der Waals surface area contributed by atoms with Gasteiger partial charge in [0.25, 0.3) is 0 Å². The molecule has 0 unspecified atom stereocenters. The Hall–Kier alpha value is -0.990. The zero-order valence-electron chi connectivity index (χ0n) is 11.9. The average molecular weight is 330 g/mol. The molecule has 2 aliphatic heterocycles. The first kappa shape index (κ1) is 18.1. The first-order chi connectivity index (χ1) is 9.38. The van der Waals surface area contributed by atoms with E-state index in [-0.39, 0.29) is 30.9 Å². The van der Waals surface area contributed by atoms with E-state index in [4.69, 9.17) is 10.00 Å². The van der Waals surface area contributed by atoms with Crippen molar-refractivity contribution in [3.63, 3.8) is 0 Å². The number of nitriles is 1. The van der Waals surface area contributed by atoms with Crippen molar-refractivity contribution in [2.24, 2.45) is 0 Å². The minimum atomic E-state index is 0. The molecule has 6 heteroatoms. The highest BCUT2D eigenvalue weighted by Crippen LogP contribution is 2.31. The smallest absolute Gasteiger partial charge is 0.122 e. The van der Waals surface area contributed by atoms with Gasteiger partial charge in [-0.15, -0.1) is 24.8 Å². The zero-order valence-corrected chi connectivity index (χ0v) is 13.5. The molecule has 0 radical (unpaired) electrons. The highest BCUT2D eigenvalue weighted by molar-refractivity contribution is 5.85. The second-order valence-electron chi connectivity index (χ2n) is 5.13. The van der Waals surface area contributed by atoms with Crippen LogP contribution < -0.4 is 10.1 Å². The van der Waals surface area contributed by atoms with Crippen LogP contribution in [0.5, 0.6) is 5.75 Å². The number of nitrogens with zero attached hydrogens (tertiary/aromatic N) is 2. The maximum absolute atomic E-state index is 9.11. The normalized spacial score (nSPS) is 18.4. The minimum absolute atomic E-state index is 0. The van der Waals surface area contributed by atoms with Crippen molar-refractivity contribution in [1.82, 2.24) is 10.2 Å². The Balaban J connectivity index is 0.00000110. The minimum Gasteiger partial charge on any atom is -0.493 e. The summed E-state index contributed by atoms with van der Waals surface area (Å²) in [5.74, 6) is 1.01. The molecule has 21 heavy (non-hydrogen) atoms. The van der Waals surface area contributed by atoms with Gasteiger partial charge in [-0.1, -0.05) is 12.1 Å². The Morgan fingerprint density at radius 3 is 2.76 bits per heavy atom. The Labute approximate surface area is 138 Å². The molecule has 0 spiro atoms. The van der Waals surface area contributed by atoms with E-state index in [0.29, 0.717) is 6.42 Å². The summed E-state index contributed by atoms with van der Waals surface area (Å²) in [6.45, 7) is 4.83. The summed E-state index contributed by atoms with van der Waals surface area (Å²) < 4.78 is 5.55. The number of nitrogens with one attached hydrogen (secondary N) is 1. The van der Waals surface area contributed by atoms with Gasteiger partial charge in [-0.25, -0.2) is 0 Å². The Kier molecular flexibility index (Phi) is 7.27. The average Bonchev–Trinajstić information content (AvgIpc) is 2.93. The van der Waals surface area contributed by atoms with Crippen LogP contribution in [0.1, 0.15) is 23.6 Å². The predicted molar refractivity (Wildman–Crippen MR) is 87.6 cm³/mol. The van der Waals surface area contributed by atoms with Crippen LogP contribution in [0.3, 0.4) is 0 Å². The fourth-order valence-electron chi connectivity index (χ4n) is 2.95. The monoisotopic (exact) mass is 329 g/mol. The van der Waals surface area contributed by atoms with Crippen LogP contribution in [0.15, 0.2) is 18.2 Å². The highest BCUT2D eigenvalue weighted by Gasteiger charge is 2.23. The van der Waals surface area contributed by atoms with E-state index < -0.39 is 0 Å². The summed E-state index contributed by atoms with van der Waals surface area (Å²) in [6.07, 6.45) is 1.55. The number of rotatable bonds is 3. The van der Waals surface area contributed by atoms with Gasteiger partial charge in [0.1, 0.15) is 5.75 Å². The van der Waals surface area contributed by atoms with Crippen LogP contribution in [-0.4, -0.2) is 37.7 Å². The van der Waals surface area contributed by atoms with Crippen molar-refractivity contribution in [3.05, 3.63) is 29.3 Å². The van der Waals surface area contributed by atoms with Crippen molar-refractivity contribution in [1.29, 1.82) is 5.26 Å². The van der Waals surface area contributed by atoms with E-state index in [9.17, 15) is 0 Å². The summed E-state index contributed by atoms with van der Waals surface area (Å²) >= 11 is 0. The molecule has 0 saturated carbocycles. The molecular formula is C15H21Cl2N3O. The SMILES string of the molecule is Cl.Cl.N#CC[C@H](c1ccc2c(c1)CCO2)N1CCNCC1. The van der Waals surface area contributed by atoms with E-state index in [1.807, 2.05) is 0 Å². The van der Waals surface area contributed by atoms with Gasteiger partial charge < -0.3 is 10.1 Å². The Bertz CT molecular complexity index is 498. The molecule has 116 valence electrons. The third kappa shape index (κ3) is 4.02. The number of hydrogen-bond donors (Lipinski definition) is 1. The molecule has 0 aromatic heterocycles. The van der Waals surface area contributed by atoms with Crippen molar-refractivity contribution >= 4 is 24.8 Å². The van der Waals surface area contributed by atoms with Crippen LogP contribution in [0, 0.1) is 11.3 Å². The highest BCUT2D eigenvalue weighted by atomic mass is 35.5. The van der Waals surface area contributed by atoms with Crippen molar-refractivity contribution in [2.45, 2.75) is 18.9 Å². The second kappa shape index (κ2) is 8.45. The fraction of sp³-hybridized carbons (Fsp3) is 0.533. The first-order valence-electron chi connectivity index (χ1n) is 6.96. The molecule has 1 aromatic rings. The molecule has 2 aliphatic rings. The van der Waals surface area contributed by atoms with E-state index in [2.05, 4.69) is 34.5 Å². The molecule has 1 fully saturated rings. The van der Waals surface area contributed by atoms with E-state index >= 15 is 0 Å². The Morgan fingerprint density at radius 2 is 2.05 bits per heavy atom. The van der Waals surface area contributed by atoms with E-state index in [1.165, 1.54) is 11.1 Å². The maximum atomic E-state index is 9.11. The van der Waals surface area contributed by atoms with Gasteiger partial charge in [0, 0.05) is 38.6 Å². The lowest BCUT2D eigenvalue weighted by Gasteiger charge is -2.34. The molecule has 0 bridgehead atoms. The fourth-order valence-corrected chi connectivity index (χ4v) is 2.95. The maximum Gasteiger partial charge on any atom is 0.122 e. The van der Waals surface area contributed by atoms with Gasteiger partial charge in [-0.05, 0) is 17.2 Å². The lowest BCUT2D eigenvalue weighted by atomic mass is 9.98. The predicted octanol–water partition coefficient (Wildman–Crippen LogP) is 2.33. The molecule has 4 nitrogen and oxygen atoms in total. The molecule has 1 N–H and O–H groups in total. The molecule has 3 rings (SSSR count). The number of piperazine rings is 1. The molecule has 0 amide bonds. The number of halogens is 2. The number of fused-ring (bicyclic) bond motifs is 1. The third-order valence-corrected chi connectivity index (χ3v) is 3.98. The van der Waals surface area contributed by atoms with E-state index in [1.54, 1.807) is 0 Å². The van der Waals surface area contributed by atoms with Crippen LogP contribution in [0.2, 0.25) is 0 Å². The van der Waals surface area contributed by atoms with Gasteiger partial charge >= 0.3 is 0 Å². The third-order valence-electron chi connectivity index (χ3n) is 3.98. The quantitative estimate of drug-likeness (QED) is 0.924. The van der Waals surface area contributed by atoms with Crippen LogP contribution in [-0.2, 0) is 6.42 Å². The summed E-state index contributed by atoms with van der Waals surface area (Å²) in [5.41, 5.74) is 2.54. The van der Waals surface area contributed by atoms with Gasteiger partial charge in [-0.3, -0.25) is 4.90 Å². The van der Waals surface area contributed by atoms with Crippen molar-refractivity contribution < 1.29 is 4.74 Å². The van der Waals surface area contributed by atoms with Gasteiger partial charge in [0.2, 0.25) is 0 Å². The van der Waals surface area contributed by atoms with E-state index in [0.717, 1.165) is 45.0 Å². The Morgan fingerprint density at radius 1 is 1.29 bits per heavy atom. The van der Waals surface area contributed by atoms with Crippen LogP contribution in [0.4, 0.5) is 0 Å². The van der Waals surface area contributed by atoms with Gasteiger partial charge in [0.15, 0.2) is 0 Å². The van der Waals surface area contributed by atoms with Gasteiger partial charge in [0.05, 0.1) is 19.1 Å². The van der Waals surface area contributed by atoms with Crippen LogP contribution in [0.25, 0.3) is 0 Å². The number of hydrogen-bond acceptors (Lipinski definition) is 4. The van der Waals surface area contributed by atoms with Crippen LogP contribution >= 0.6 is 24.8 Å². The topological polar surface area (TPSA) is 48.3 Å². The summed E-state index contributed by atoms with van der Waals surface area (Å²) in [4.78, 5) is 2.41. The zero-order chi connectivity index (χ0) is 13.1. The number of ether oxygens (including phenoxy) is 1. The summed E-state index contributed by atoms with van der Waals surface area (Å²) in [6, 6.07) is 8.97. The first-order valence-corrected chi connectivity index (χ1v) is 6.96. The van der Waals surface area contributed by atoms with Crippen molar-refractivity contribution in [2.75, 3.05) is 32.8 Å². The lowest BCUT2D eigenvalue weighted by molar-refractivity contribution is 0.175. The largest absolute Gasteiger partial charge is 0.493 e. The molecule has 0 aliphatic carbocycles. The standard InChI is InChI=1S/C15H19N3O.2ClH/c16-5-3-14(18-8-6-17-7-9-18)12-1-2-15-13(11-12)4-10-19-15;;/h1-2,11,14,17H,3-4,6-10H2;2*1H/t14-;;/m1../s1. The molecule has 1 atom stereocenters. The summed E-state index contributed by atoms with van der Waals surface area (Å²) in [7, 11) is 0. The summed E-state index contributed by atoms with van der Waals surface area (Å²) in [5, 5.41) is 12.5. The molecule has 1 aromatic carbocycles. The molecular weight excluding hydrogens is 309 g/mol. The van der Waals surface area contributed by atoms with Gasteiger partial charge in [-0.2, -0.15) is 5.26 Å². The molecule has 1 saturated heterocycles. The molecule has 2 heterocycles.